The lowest BCUT2D eigenvalue weighted by Crippen LogP contribution is -2.66. The van der Waals surface area contributed by atoms with Crippen LogP contribution in [-0.2, 0) is 9.53 Å². The smallest absolute Gasteiger partial charge is 0.411 e. The molecule has 5 heteroatoms. The van der Waals surface area contributed by atoms with Gasteiger partial charge in [0.1, 0.15) is 11.4 Å². The van der Waals surface area contributed by atoms with Crippen LogP contribution in [0.15, 0.2) is 12.2 Å². The second-order valence-corrected chi connectivity index (χ2v) is 7.38. The molecule has 1 saturated heterocycles. The summed E-state index contributed by atoms with van der Waals surface area (Å²) in [6, 6.07) is -0.228. The maximum absolute atomic E-state index is 12.6. The summed E-state index contributed by atoms with van der Waals surface area (Å²) in [6.45, 7) is 5.50. The maximum Gasteiger partial charge on any atom is 0.411 e. The van der Waals surface area contributed by atoms with Gasteiger partial charge in [0.05, 0.1) is 23.6 Å². The summed E-state index contributed by atoms with van der Waals surface area (Å²) < 4.78 is 5.53. The minimum atomic E-state index is -0.681. The van der Waals surface area contributed by atoms with Gasteiger partial charge in [-0.05, 0) is 40.0 Å². The van der Waals surface area contributed by atoms with Crippen LogP contribution in [0.3, 0.4) is 0 Å². The van der Waals surface area contributed by atoms with Crippen molar-refractivity contribution >= 4 is 11.9 Å². The fourth-order valence-corrected chi connectivity index (χ4v) is 4.06. The van der Waals surface area contributed by atoms with Crippen molar-refractivity contribution in [2.75, 3.05) is 0 Å². The van der Waals surface area contributed by atoms with E-state index in [1.54, 1.807) is 4.90 Å². The van der Waals surface area contributed by atoms with E-state index in [9.17, 15) is 14.7 Å². The van der Waals surface area contributed by atoms with Gasteiger partial charge < -0.3 is 9.84 Å². The quantitative estimate of drug-likeness (QED) is 0.694. The van der Waals surface area contributed by atoms with Crippen LogP contribution >= 0.6 is 0 Å². The zero-order valence-corrected chi connectivity index (χ0v) is 12.8. The van der Waals surface area contributed by atoms with Gasteiger partial charge >= 0.3 is 6.09 Å². The van der Waals surface area contributed by atoms with Gasteiger partial charge in [-0.25, -0.2) is 4.79 Å². The first kappa shape index (κ1) is 14.6. The molecule has 2 fully saturated rings. The van der Waals surface area contributed by atoms with Crippen molar-refractivity contribution < 1.29 is 19.4 Å². The lowest BCUT2D eigenvalue weighted by Gasteiger charge is -2.52. The second kappa shape index (κ2) is 4.57. The predicted octanol–water partition coefficient (Wildman–Crippen LogP) is 2.03. The molecule has 4 atom stereocenters. The molecule has 1 spiro atoms. The van der Waals surface area contributed by atoms with Crippen molar-refractivity contribution in [1.29, 1.82) is 0 Å². The molecule has 5 nitrogen and oxygen atoms in total. The molecule has 0 unspecified atom stereocenters. The van der Waals surface area contributed by atoms with Gasteiger partial charge in [0, 0.05) is 6.42 Å². The van der Waals surface area contributed by atoms with Crippen LogP contribution in [0.2, 0.25) is 0 Å². The average molecular weight is 293 g/mol. The normalized spacial score (nSPS) is 38.4. The van der Waals surface area contributed by atoms with Crippen LogP contribution in [-0.4, -0.2) is 45.2 Å². The molecule has 1 aliphatic carbocycles. The molecular weight excluding hydrogens is 270 g/mol. The van der Waals surface area contributed by atoms with Crippen LogP contribution in [0.4, 0.5) is 4.79 Å². The highest BCUT2D eigenvalue weighted by Gasteiger charge is 2.60. The van der Waals surface area contributed by atoms with Crippen molar-refractivity contribution in [3.8, 4) is 0 Å². The zero-order chi connectivity index (χ0) is 15.4. The highest BCUT2D eigenvalue weighted by Crippen LogP contribution is 2.49. The molecule has 3 rings (SSSR count). The lowest BCUT2D eigenvalue weighted by molar-refractivity contribution is -0.143. The number of hydrogen-bond donors (Lipinski definition) is 1. The van der Waals surface area contributed by atoms with Crippen molar-refractivity contribution in [3.05, 3.63) is 12.2 Å². The summed E-state index contributed by atoms with van der Waals surface area (Å²) in [6.07, 6.45) is 5.26. The third-order valence-electron chi connectivity index (χ3n) is 4.74. The van der Waals surface area contributed by atoms with E-state index in [0.717, 1.165) is 6.42 Å². The molecular formula is C16H23NO4. The van der Waals surface area contributed by atoms with Crippen LogP contribution in [0, 0.1) is 5.92 Å². The number of ketones is 1. The van der Waals surface area contributed by atoms with Crippen molar-refractivity contribution in [1.82, 2.24) is 4.90 Å². The number of ether oxygens (including phenoxy) is 1. The van der Waals surface area contributed by atoms with E-state index in [-0.39, 0.29) is 24.3 Å². The van der Waals surface area contributed by atoms with Crippen LogP contribution in [0.25, 0.3) is 0 Å². The summed E-state index contributed by atoms with van der Waals surface area (Å²) in [5.74, 6) is -0.439. The largest absolute Gasteiger partial charge is 0.444 e. The Morgan fingerprint density at radius 3 is 2.86 bits per heavy atom. The number of aliphatic hydroxyl groups excluding tert-OH is 1. The number of fused-ring (bicyclic) bond motifs is 1. The van der Waals surface area contributed by atoms with E-state index in [1.165, 1.54) is 0 Å². The molecule has 2 heterocycles. The minimum absolute atomic E-state index is 0.0667. The SMILES string of the molecule is CC(C)(C)OC(=O)N1[C@H]2C=C[C@@]13CCC[C@@H](O)[C@@H]3C(=O)C2. The van der Waals surface area contributed by atoms with Crippen molar-refractivity contribution in [2.45, 2.75) is 69.7 Å². The summed E-state index contributed by atoms with van der Waals surface area (Å²) in [5, 5.41) is 10.3. The fourth-order valence-electron chi connectivity index (χ4n) is 4.06. The second-order valence-electron chi connectivity index (χ2n) is 7.38. The number of carbonyl (C=O) groups excluding carboxylic acids is 2. The average Bonchev–Trinajstić information content (AvgIpc) is 2.58. The Morgan fingerprint density at radius 1 is 1.48 bits per heavy atom. The molecule has 2 bridgehead atoms. The lowest BCUT2D eigenvalue weighted by atomic mass is 9.66. The third-order valence-corrected chi connectivity index (χ3v) is 4.74. The van der Waals surface area contributed by atoms with Crippen molar-refractivity contribution in [2.24, 2.45) is 5.92 Å². The Kier molecular flexibility index (Phi) is 3.17. The highest BCUT2D eigenvalue weighted by molar-refractivity contribution is 5.89. The van der Waals surface area contributed by atoms with E-state index in [4.69, 9.17) is 4.74 Å². The molecule has 21 heavy (non-hydrogen) atoms. The number of nitrogens with zero attached hydrogens (tertiary/aromatic N) is 1. The first-order valence-corrected chi connectivity index (χ1v) is 7.67. The standard InChI is InChI=1S/C16H23NO4/c1-15(2,3)21-14(20)17-10-6-8-16(17)7-4-5-11(18)13(16)12(19)9-10/h6,8,10-11,13,18H,4-5,7,9H2,1-3H3/t10-,11+,13+,16+/m0/s1. The van der Waals surface area contributed by atoms with E-state index in [0.29, 0.717) is 12.8 Å². The third kappa shape index (κ3) is 2.18. The first-order chi connectivity index (χ1) is 9.74. The summed E-state index contributed by atoms with van der Waals surface area (Å²) in [7, 11) is 0. The van der Waals surface area contributed by atoms with E-state index >= 15 is 0 Å². The summed E-state index contributed by atoms with van der Waals surface area (Å²) >= 11 is 0. The number of hydrogen-bond acceptors (Lipinski definition) is 4. The number of amides is 1. The van der Waals surface area contributed by atoms with E-state index in [2.05, 4.69) is 0 Å². The number of piperidine rings is 1. The monoisotopic (exact) mass is 293 g/mol. The zero-order valence-electron chi connectivity index (χ0n) is 12.8. The number of carbonyl (C=O) groups is 2. The summed E-state index contributed by atoms with van der Waals surface area (Å²) in [4.78, 5) is 26.7. The summed E-state index contributed by atoms with van der Waals surface area (Å²) in [5.41, 5.74) is -1.25. The topological polar surface area (TPSA) is 66.8 Å². The molecule has 3 aliphatic rings. The van der Waals surface area contributed by atoms with Crippen LogP contribution in [0.1, 0.15) is 46.5 Å². The molecule has 116 valence electrons. The van der Waals surface area contributed by atoms with Gasteiger partial charge in [-0.3, -0.25) is 9.69 Å². The highest BCUT2D eigenvalue weighted by atomic mass is 16.6. The fraction of sp³-hybridized carbons (Fsp3) is 0.750. The van der Waals surface area contributed by atoms with Gasteiger partial charge in [0.15, 0.2) is 0 Å². The van der Waals surface area contributed by atoms with Gasteiger partial charge in [-0.15, -0.1) is 0 Å². The molecule has 0 aromatic heterocycles. The van der Waals surface area contributed by atoms with Gasteiger partial charge in [0.25, 0.3) is 0 Å². The van der Waals surface area contributed by atoms with Gasteiger partial charge in [-0.1, -0.05) is 12.2 Å². The number of Topliss-reactive ketones (excluding diaryl/α,β-unsaturated/α-hetero) is 1. The Labute approximate surface area is 124 Å². The maximum atomic E-state index is 12.6. The molecule has 0 radical (unpaired) electrons. The minimum Gasteiger partial charge on any atom is -0.444 e. The van der Waals surface area contributed by atoms with Crippen molar-refractivity contribution in [3.63, 3.8) is 0 Å². The first-order valence-electron chi connectivity index (χ1n) is 7.67. The molecule has 1 N–H and O–H groups in total. The van der Waals surface area contributed by atoms with Gasteiger partial charge in [0.2, 0.25) is 0 Å². The Bertz CT molecular complexity index is 507. The van der Waals surface area contributed by atoms with E-state index in [1.807, 2.05) is 32.9 Å². The van der Waals surface area contributed by atoms with Crippen LogP contribution < -0.4 is 0 Å². The van der Waals surface area contributed by atoms with E-state index < -0.39 is 23.2 Å². The van der Waals surface area contributed by atoms with Crippen LogP contribution in [0.5, 0.6) is 0 Å². The predicted molar refractivity (Wildman–Crippen MR) is 76.7 cm³/mol. The number of rotatable bonds is 0. The Balaban J connectivity index is 1.95. The molecule has 0 aromatic rings. The number of aliphatic hydroxyl groups is 1. The Hall–Kier alpha value is -1.36. The molecule has 0 aromatic carbocycles. The molecule has 1 amide bonds. The molecule has 2 aliphatic heterocycles. The van der Waals surface area contributed by atoms with Gasteiger partial charge in [-0.2, -0.15) is 0 Å². The Morgan fingerprint density at radius 2 is 2.19 bits per heavy atom. The molecule has 1 saturated carbocycles.